The molecule has 1 aliphatic heterocycles. The second-order valence-electron chi connectivity index (χ2n) is 7.15. The minimum Gasteiger partial charge on any atom is -0.507 e. The van der Waals surface area contributed by atoms with Crippen LogP contribution in [0.25, 0.3) is 5.76 Å². The third-order valence-corrected chi connectivity index (χ3v) is 5.44. The lowest BCUT2D eigenvalue weighted by Crippen LogP contribution is -2.29. The van der Waals surface area contributed by atoms with E-state index in [0.717, 1.165) is 0 Å². The number of likely N-dealkylation sites (tertiary alicyclic amines) is 1. The molecule has 0 radical (unpaired) electrons. The largest absolute Gasteiger partial charge is 0.507 e. The smallest absolute Gasteiger partial charge is 0.296 e. The number of halogens is 2. The molecule has 0 saturated carbocycles. The van der Waals surface area contributed by atoms with Gasteiger partial charge < -0.3 is 19.2 Å². The highest BCUT2D eigenvalue weighted by Gasteiger charge is 2.47. The maximum Gasteiger partial charge on any atom is 0.296 e. The molecule has 1 saturated heterocycles. The number of carbonyl (C=O) groups is 2. The summed E-state index contributed by atoms with van der Waals surface area (Å²) < 4.78 is 24.3. The predicted molar refractivity (Wildman–Crippen MR) is 116 cm³/mol. The Hall–Kier alpha value is -3.58. The van der Waals surface area contributed by atoms with Gasteiger partial charge in [0.05, 0.1) is 23.5 Å². The van der Waals surface area contributed by atoms with Crippen LogP contribution < -0.4 is 4.74 Å². The number of ketones is 1. The quantitative estimate of drug-likeness (QED) is 0.318. The highest BCUT2D eigenvalue weighted by molar-refractivity contribution is 6.46. The Morgan fingerprint density at radius 1 is 1.19 bits per heavy atom. The first kappa shape index (κ1) is 21.6. The summed E-state index contributed by atoms with van der Waals surface area (Å²) in [5, 5.41) is 11.4. The van der Waals surface area contributed by atoms with Crippen LogP contribution in [0.2, 0.25) is 5.02 Å². The van der Waals surface area contributed by atoms with E-state index in [0.29, 0.717) is 28.7 Å². The fourth-order valence-electron chi connectivity index (χ4n) is 3.64. The Morgan fingerprint density at radius 3 is 2.59 bits per heavy atom. The number of hydrogen-bond donors (Lipinski definition) is 1. The predicted octanol–water partition coefficient (Wildman–Crippen LogP) is 5.09. The standard InChI is InChI=1S/C24H19ClFNO5/c1-2-31-19-12-15(7-10-17(19)25)22(28)20-21(18-4-3-11-32-18)27(24(30)23(20)29)13-14-5-8-16(26)9-6-14/h3-12,21,28H,2,13H2,1H3/b22-20-. The summed E-state index contributed by atoms with van der Waals surface area (Å²) in [5.74, 6) is -1.77. The molecule has 1 fully saturated rings. The molecule has 1 amide bonds. The van der Waals surface area contributed by atoms with Crippen molar-refractivity contribution in [2.45, 2.75) is 19.5 Å². The van der Waals surface area contributed by atoms with Crippen molar-refractivity contribution >= 4 is 29.1 Å². The van der Waals surface area contributed by atoms with Crippen LogP contribution in [0.4, 0.5) is 4.39 Å². The van der Waals surface area contributed by atoms with Crippen LogP contribution in [0.3, 0.4) is 0 Å². The lowest BCUT2D eigenvalue weighted by molar-refractivity contribution is -0.140. The molecule has 0 spiro atoms. The molecule has 8 heteroatoms. The maximum atomic E-state index is 13.3. The zero-order chi connectivity index (χ0) is 22.8. The van der Waals surface area contributed by atoms with E-state index in [1.807, 2.05) is 0 Å². The third-order valence-electron chi connectivity index (χ3n) is 5.12. The van der Waals surface area contributed by atoms with Crippen molar-refractivity contribution in [2.24, 2.45) is 0 Å². The molecule has 164 valence electrons. The van der Waals surface area contributed by atoms with E-state index < -0.39 is 23.5 Å². The molecule has 1 N–H and O–H groups in total. The van der Waals surface area contributed by atoms with E-state index in [1.165, 1.54) is 53.6 Å². The van der Waals surface area contributed by atoms with Gasteiger partial charge in [-0.25, -0.2) is 4.39 Å². The van der Waals surface area contributed by atoms with Crippen molar-refractivity contribution in [1.82, 2.24) is 4.90 Å². The van der Waals surface area contributed by atoms with Gasteiger partial charge in [-0.15, -0.1) is 0 Å². The Kier molecular flexibility index (Phi) is 6.01. The fraction of sp³-hybridized carbons (Fsp3) is 0.167. The number of benzene rings is 2. The summed E-state index contributed by atoms with van der Waals surface area (Å²) in [6.07, 6.45) is 1.42. The van der Waals surface area contributed by atoms with E-state index in [4.69, 9.17) is 20.8 Å². The normalized spacial score (nSPS) is 17.7. The van der Waals surface area contributed by atoms with Gasteiger partial charge in [0.25, 0.3) is 11.7 Å². The topological polar surface area (TPSA) is 80.0 Å². The second kappa shape index (κ2) is 8.88. The third kappa shape index (κ3) is 3.99. The van der Waals surface area contributed by atoms with Crippen molar-refractivity contribution in [2.75, 3.05) is 6.61 Å². The summed E-state index contributed by atoms with van der Waals surface area (Å²) in [6.45, 7) is 2.18. The van der Waals surface area contributed by atoms with Crippen molar-refractivity contribution in [3.63, 3.8) is 0 Å². The molecule has 2 aromatic carbocycles. The van der Waals surface area contributed by atoms with E-state index in [2.05, 4.69) is 0 Å². The summed E-state index contributed by atoms with van der Waals surface area (Å²) >= 11 is 6.13. The SMILES string of the molecule is CCOc1cc(/C(O)=C2/C(=O)C(=O)N(Cc3ccc(F)cc3)C2c2ccco2)ccc1Cl. The highest BCUT2D eigenvalue weighted by Crippen LogP contribution is 2.41. The van der Waals surface area contributed by atoms with Crippen molar-refractivity contribution in [1.29, 1.82) is 0 Å². The number of hydrogen-bond acceptors (Lipinski definition) is 5. The minimum atomic E-state index is -0.957. The molecule has 1 aromatic heterocycles. The van der Waals surface area contributed by atoms with Crippen LogP contribution in [0, 0.1) is 5.82 Å². The van der Waals surface area contributed by atoms with Crippen molar-refractivity contribution in [3.05, 3.63) is 94.2 Å². The average Bonchev–Trinajstić information content (AvgIpc) is 3.39. The van der Waals surface area contributed by atoms with Crippen LogP contribution in [0.15, 0.2) is 70.9 Å². The number of amides is 1. The highest BCUT2D eigenvalue weighted by atomic mass is 35.5. The van der Waals surface area contributed by atoms with Crippen molar-refractivity contribution in [3.8, 4) is 5.75 Å². The second-order valence-corrected chi connectivity index (χ2v) is 7.55. The van der Waals surface area contributed by atoms with Crippen LogP contribution >= 0.6 is 11.6 Å². The molecule has 0 aliphatic carbocycles. The van der Waals surface area contributed by atoms with E-state index >= 15 is 0 Å². The maximum absolute atomic E-state index is 13.3. The Morgan fingerprint density at radius 2 is 1.94 bits per heavy atom. The summed E-state index contributed by atoms with van der Waals surface area (Å²) in [5.41, 5.74) is 0.779. The van der Waals surface area contributed by atoms with Gasteiger partial charge in [0, 0.05) is 12.1 Å². The van der Waals surface area contributed by atoms with Gasteiger partial charge in [-0.05, 0) is 55.0 Å². The zero-order valence-corrected chi connectivity index (χ0v) is 17.8. The lowest BCUT2D eigenvalue weighted by Gasteiger charge is -2.23. The number of aliphatic hydroxyl groups is 1. The summed E-state index contributed by atoms with van der Waals surface area (Å²) in [6, 6.07) is 12.5. The van der Waals surface area contributed by atoms with E-state index in [1.54, 1.807) is 19.1 Å². The number of nitrogens with zero attached hydrogens (tertiary/aromatic N) is 1. The van der Waals surface area contributed by atoms with Gasteiger partial charge in [0.1, 0.15) is 29.1 Å². The first-order chi connectivity index (χ1) is 15.4. The van der Waals surface area contributed by atoms with Crippen LogP contribution in [-0.2, 0) is 16.1 Å². The first-order valence-electron chi connectivity index (χ1n) is 9.89. The number of furan rings is 1. The molecule has 1 aliphatic rings. The summed E-state index contributed by atoms with van der Waals surface area (Å²) in [4.78, 5) is 27.2. The summed E-state index contributed by atoms with van der Waals surface area (Å²) in [7, 11) is 0. The van der Waals surface area contributed by atoms with Crippen LogP contribution in [-0.4, -0.2) is 28.3 Å². The number of ether oxygens (including phenoxy) is 1. The van der Waals surface area contributed by atoms with Crippen molar-refractivity contribution < 1.29 is 28.2 Å². The number of carbonyl (C=O) groups excluding carboxylic acids is 2. The molecule has 2 heterocycles. The average molecular weight is 456 g/mol. The van der Waals surface area contributed by atoms with Gasteiger partial charge in [-0.3, -0.25) is 9.59 Å². The van der Waals surface area contributed by atoms with Gasteiger partial charge in [-0.1, -0.05) is 23.7 Å². The zero-order valence-electron chi connectivity index (χ0n) is 17.0. The van der Waals surface area contributed by atoms with Gasteiger partial charge >= 0.3 is 0 Å². The molecule has 4 rings (SSSR count). The number of aliphatic hydroxyl groups excluding tert-OH is 1. The lowest BCUT2D eigenvalue weighted by atomic mass is 9.99. The molecular weight excluding hydrogens is 437 g/mol. The van der Waals surface area contributed by atoms with Crippen LogP contribution in [0.5, 0.6) is 5.75 Å². The van der Waals surface area contributed by atoms with E-state index in [9.17, 15) is 19.1 Å². The van der Waals surface area contributed by atoms with Gasteiger partial charge in [0.15, 0.2) is 0 Å². The molecule has 1 atom stereocenters. The Bertz CT molecular complexity index is 1190. The Balaban J connectivity index is 1.81. The molecule has 6 nitrogen and oxygen atoms in total. The minimum absolute atomic E-state index is 0.0256. The monoisotopic (exact) mass is 455 g/mol. The number of Topliss-reactive ketones (excluding diaryl/α,β-unsaturated/α-hetero) is 1. The van der Waals surface area contributed by atoms with Crippen LogP contribution in [0.1, 0.15) is 29.9 Å². The molecular formula is C24H19ClFNO5. The fourth-order valence-corrected chi connectivity index (χ4v) is 3.82. The Labute approximate surface area is 188 Å². The number of rotatable bonds is 6. The first-order valence-corrected chi connectivity index (χ1v) is 10.3. The van der Waals surface area contributed by atoms with Gasteiger partial charge in [-0.2, -0.15) is 0 Å². The molecule has 3 aromatic rings. The molecule has 1 unspecified atom stereocenters. The molecule has 0 bridgehead atoms. The van der Waals surface area contributed by atoms with E-state index in [-0.39, 0.29) is 23.4 Å². The molecule has 32 heavy (non-hydrogen) atoms. The van der Waals surface area contributed by atoms with Gasteiger partial charge in [0.2, 0.25) is 0 Å².